The molecule has 5 heteroatoms. The maximum atomic E-state index is 13.0. The van der Waals surface area contributed by atoms with Gasteiger partial charge in [-0.05, 0) is 31.0 Å². The third-order valence-corrected chi connectivity index (χ3v) is 5.93. The van der Waals surface area contributed by atoms with Gasteiger partial charge in [-0.3, -0.25) is 4.79 Å². The van der Waals surface area contributed by atoms with Crippen LogP contribution >= 0.6 is 0 Å². The third-order valence-electron chi connectivity index (χ3n) is 5.93. The van der Waals surface area contributed by atoms with Crippen LogP contribution in [0.15, 0.2) is 54.6 Å². The molecule has 0 aliphatic carbocycles. The summed E-state index contributed by atoms with van der Waals surface area (Å²) >= 11 is 0. The van der Waals surface area contributed by atoms with Gasteiger partial charge >= 0.3 is 0 Å². The maximum absolute atomic E-state index is 13.0. The SMILES string of the molecule is CCC[C@H](NC(=O)[C@H](C)[NH+]1CCN(c2cccc(OC)c2)CC1)c1ccccc1. The third kappa shape index (κ3) is 5.51. The largest absolute Gasteiger partial charge is 0.497 e. The Morgan fingerprint density at radius 3 is 2.52 bits per heavy atom. The second-order valence-corrected chi connectivity index (χ2v) is 7.83. The topological polar surface area (TPSA) is 46.0 Å². The molecular weight excluding hydrogens is 362 g/mol. The van der Waals surface area contributed by atoms with Crippen LogP contribution in [-0.4, -0.2) is 45.2 Å². The number of amides is 1. The lowest BCUT2D eigenvalue weighted by Crippen LogP contribution is -3.19. The fourth-order valence-corrected chi connectivity index (χ4v) is 4.07. The van der Waals surface area contributed by atoms with E-state index in [1.165, 1.54) is 16.2 Å². The minimum absolute atomic E-state index is 0.0504. The number of methoxy groups -OCH3 is 1. The van der Waals surface area contributed by atoms with Gasteiger partial charge in [-0.2, -0.15) is 0 Å². The van der Waals surface area contributed by atoms with Crippen LogP contribution in [0.4, 0.5) is 5.69 Å². The summed E-state index contributed by atoms with van der Waals surface area (Å²) in [5.41, 5.74) is 2.38. The van der Waals surface area contributed by atoms with E-state index < -0.39 is 0 Å². The maximum Gasteiger partial charge on any atom is 0.278 e. The molecule has 5 nitrogen and oxygen atoms in total. The van der Waals surface area contributed by atoms with Crippen LogP contribution in [-0.2, 0) is 4.79 Å². The summed E-state index contributed by atoms with van der Waals surface area (Å²) in [7, 11) is 1.70. The number of hydrogen-bond donors (Lipinski definition) is 2. The Morgan fingerprint density at radius 2 is 1.86 bits per heavy atom. The second-order valence-electron chi connectivity index (χ2n) is 7.83. The highest BCUT2D eigenvalue weighted by Crippen LogP contribution is 2.21. The minimum atomic E-state index is -0.0504. The lowest BCUT2D eigenvalue weighted by atomic mass is 10.0. The van der Waals surface area contributed by atoms with E-state index in [2.05, 4.69) is 48.3 Å². The molecule has 1 aliphatic rings. The molecule has 0 radical (unpaired) electrons. The summed E-state index contributed by atoms with van der Waals surface area (Å²) in [5.74, 6) is 1.03. The smallest absolute Gasteiger partial charge is 0.278 e. The van der Waals surface area contributed by atoms with E-state index in [0.29, 0.717) is 0 Å². The summed E-state index contributed by atoms with van der Waals surface area (Å²) in [6, 6.07) is 18.5. The summed E-state index contributed by atoms with van der Waals surface area (Å²) in [4.78, 5) is 16.7. The lowest BCUT2D eigenvalue weighted by Gasteiger charge is -2.36. The van der Waals surface area contributed by atoms with E-state index in [0.717, 1.165) is 44.8 Å². The fourth-order valence-electron chi connectivity index (χ4n) is 4.07. The highest BCUT2D eigenvalue weighted by Gasteiger charge is 2.30. The Kier molecular flexibility index (Phi) is 7.53. The van der Waals surface area contributed by atoms with Gasteiger partial charge < -0.3 is 19.9 Å². The molecule has 1 aliphatic heterocycles. The normalized spacial score (nSPS) is 16.9. The average molecular weight is 397 g/mol. The number of piperazine rings is 1. The number of nitrogens with zero attached hydrogens (tertiary/aromatic N) is 1. The zero-order chi connectivity index (χ0) is 20.6. The molecule has 2 atom stereocenters. The summed E-state index contributed by atoms with van der Waals surface area (Å²) < 4.78 is 5.34. The van der Waals surface area contributed by atoms with Crippen molar-refractivity contribution in [3.05, 3.63) is 60.2 Å². The summed E-state index contributed by atoms with van der Waals surface area (Å²) in [6.07, 6.45) is 2.00. The minimum Gasteiger partial charge on any atom is -0.497 e. The number of benzene rings is 2. The van der Waals surface area contributed by atoms with Crippen LogP contribution in [0.1, 0.15) is 38.3 Å². The van der Waals surface area contributed by atoms with E-state index in [1.807, 2.05) is 30.3 Å². The zero-order valence-electron chi connectivity index (χ0n) is 17.9. The Hall–Kier alpha value is -2.53. The van der Waals surface area contributed by atoms with Crippen molar-refractivity contribution in [3.8, 4) is 5.75 Å². The number of hydrogen-bond acceptors (Lipinski definition) is 3. The Morgan fingerprint density at radius 1 is 1.14 bits per heavy atom. The Labute approximate surface area is 174 Å². The first-order chi connectivity index (χ1) is 14.1. The molecule has 1 saturated heterocycles. The fraction of sp³-hybridized carbons (Fsp3) is 0.458. The van der Waals surface area contributed by atoms with Crippen molar-refractivity contribution in [2.24, 2.45) is 0 Å². The van der Waals surface area contributed by atoms with Crippen molar-refractivity contribution < 1.29 is 14.4 Å². The van der Waals surface area contributed by atoms with Crippen molar-refractivity contribution in [3.63, 3.8) is 0 Å². The molecule has 2 aromatic rings. The van der Waals surface area contributed by atoms with Gasteiger partial charge in [-0.15, -0.1) is 0 Å². The molecule has 2 aromatic carbocycles. The number of carbonyl (C=O) groups excluding carboxylic acids is 1. The molecule has 1 fully saturated rings. The molecule has 1 amide bonds. The molecule has 0 spiro atoms. The van der Waals surface area contributed by atoms with Gasteiger partial charge in [0.15, 0.2) is 6.04 Å². The number of rotatable bonds is 8. The van der Waals surface area contributed by atoms with Crippen molar-refractivity contribution >= 4 is 11.6 Å². The molecule has 0 unspecified atom stereocenters. The first-order valence-corrected chi connectivity index (χ1v) is 10.7. The van der Waals surface area contributed by atoms with E-state index in [4.69, 9.17) is 4.74 Å². The summed E-state index contributed by atoms with van der Waals surface area (Å²) in [5, 5.41) is 3.30. The molecule has 3 rings (SSSR count). The zero-order valence-corrected chi connectivity index (χ0v) is 17.9. The number of anilines is 1. The van der Waals surface area contributed by atoms with E-state index in [1.54, 1.807) is 7.11 Å². The van der Waals surface area contributed by atoms with Crippen molar-refractivity contribution in [2.45, 2.75) is 38.8 Å². The number of quaternary nitrogens is 1. The van der Waals surface area contributed by atoms with Gasteiger partial charge in [0.2, 0.25) is 0 Å². The van der Waals surface area contributed by atoms with Crippen molar-refractivity contribution in [2.75, 3.05) is 38.2 Å². The van der Waals surface area contributed by atoms with Crippen LogP contribution in [0.2, 0.25) is 0 Å². The van der Waals surface area contributed by atoms with Crippen LogP contribution in [0, 0.1) is 0 Å². The van der Waals surface area contributed by atoms with Gasteiger partial charge in [0.25, 0.3) is 5.91 Å². The quantitative estimate of drug-likeness (QED) is 0.721. The van der Waals surface area contributed by atoms with Gasteiger partial charge in [-0.1, -0.05) is 49.7 Å². The Balaban J connectivity index is 1.56. The first kappa shape index (κ1) is 21.2. The molecule has 0 aromatic heterocycles. The first-order valence-electron chi connectivity index (χ1n) is 10.7. The van der Waals surface area contributed by atoms with Gasteiger partial charge in [0.05, 0.1) is 39.3 Å². The predicted octanol–water partition coefficient (Wildman–Crippen LogP) is 2.45. The average Bonchev–Trinajstić information content (AvgIpc) is 2.79. The van der Waals surface area contributed by atoms with Crippen LogP contribution in [0.5, 0.6) is 5.75 Å². The van der Waals surface area contributed by atoms with Crippen molar-refractivity contribution in [1.29, 1.82) is 0 Å². The van der Waals surface area contributed by atoms with Crippen LogP contribution in [0.3, 0.4) is 0 Å². The number of nitrogens with one attached hydrogen (secondary N) is 2. The highest BCUT2D eigenvalue weighted by molar-refractivity contribution is 5.80. The standard InChI is InChI=1S/C24H33N3O2/c1-4-9-23(20-10-6-5-7-11-20)25-24(28)19(2)26-14-16-27(17-15-26)21-12-8-13-22(18-21)29-3/h5-8,10-13,18-19,23H,4,9,14-17H2,1-3H3,(H,25,28)/p+1/t19-,23-/m0/s1. The van der Waals surface area contributed by atoms with Crippen LogP contribution < -0.4 is 19.9 Å². The van der Waals surface area contributed by atoms with Gasteiger partial charge in [0.1, 0.15) is 5.75 Å². The molecule has 2 N–H and O–H groups in total. The highest BCUT2D eigenvalue weighted by atomic mass is 16.5. The lowest BCUT2D eigenvalue weighted by molar-refractivity contribution is -0.914. The predicted molar refractivity (Wildman–Crippen MR) is 118 cm³/mol. The molecule has 156 valence electrons. The van der Waals surface area contributed by atoms with Gasteiger partial charge in [0, 0.05) is 11.8 Å². The molecule has 0 bridgehead atoms. The van der Waals surface area contributed by atoms with E-state index in [9.17, 15) is 4.79 Å². The van der Waals surface area contributed by atoms with E-state index in [-0.39, 0.29) is 18.0 Å². The monoisotopic (exact) mass is 396 g/mol. The molecule has 29 heavy (non-hydrogen) atoms. The molecular formula is C24H34N3O2+. The molecule has 1 heterocycles. The van der Waals surface area contributed by atoms with Crippen LogP contribution in [0.25, 0.3) is 0 Å². The number of carbonyl (C=O) groups is 1. The second kappa shape index (κ2) is 10.3. The summed E-state index contributed by atoms with van der Waals surface area (Å²) in [6.45, 7) is 8.01. The van der Waals surface area contributed by atoms with E-state index >= 15 is 0 Å². The number of ether oxygens (including phenoxy) is 1. The Bertz CT molecular complexity index is 773. The van der Waals surface area contributed by atoms with Crippen molar-refractivity contribution in [1.82, 2.24) is 5.32 Å². The molecule has 0 saturated carbocycles. The van der Waals surface area contributed by atoms with Gasteiger partial charge in [-0.25, -0.2) is 0 Å².